The predicted molar refractivity (Wildman–Crippen MR) is 127 cm³/mol. The number of thiazole rings is 1. The molecule has 178 valence electrons. The standard InChI is InChI=1S/C24H27F3N2O2S2/c1-14-22-17(9-10-28-14)21(20(32-22)13-16(30)6-4-3-5-11-31-2)23-29-18-12-15(24(25,26)27)7-8-19(18)33-23/h7-8,12,14,28H,3-6,9-11,13H2,1-2H3. The van der Waals surface area contributed by atoms with Gasteiger partial charge in [0.05, 0.1) is 15.8 Å². The fourth-order valence-corrected chi connectivity index (χ4v) is 6.76. The van der Waals surface area contributed by atoms with E-state index >= 15 is 0 Å². The van der Waals surface area contributed by atoms with Gasteiger partial charge in [-0.3, -0.25) is 4.79 Å². The van der Waals surface area contributed by atoms with Crippen LogP contribution in [0.3, 0.4) is 0 Å². The summed E-state index contributed by atoms with van der Waals surface area (Å²) in [6.07, 6.45) is 0.0106. The van der Waals surface area contributed by atoms with Crippen molar-refractivity contribution in [2.75, 3.05) is 20.3 Å². The number of halogens is 3. The molecule has 1 aromatic carbocycles. The van der Waals surface area contributed by atoms with Gasteiger partial charge in [0.25, 0.3) is 0 Å². The number of hydrogen-bond donors (Lipinski definition) is 1. The maximum Gasteiger partial charge on any atom is 0.416 e. The smallest absolute Gasteiger partial charge is 0.385 e. The first kappa shape index (κ1) is 24.3. The van der Waals surface area contributed by atoms with Crippen LogP contribution in [0.25, 0.3) is 20.8 Å². The van der Waals surface area contributed by atoms with Gasteiger partial charge in [-0.15, -0.1) is 22.7 Å². The summed E-state index contributed by atoms with van der Waals surface area (Å²) in [5.74, 6) is 0.188. The van der Waals surface area contributed by atoms with E-state index in [-0.39, 0.29) is 11.8 Å². The van der Waals surface area contributed by atoms with Crippen LogP contribution in [0.1, 0.15) is 59.5 Å². The lowest BCUT2D eigenvalue weighted by atomic mass is 9.97. The molecule has 0 spiro atoms. The number of benzene rings is 1. The first-order valence-corrected chi connectivity index (χ1v) is 12.8. The number of hydrogen-bond acceptors (Lipinski definition) is 6. The number of unbranched alkanes of at least 4 members (excludes halogenated alkanes) is 2. The van der Waals surface area contributed by atoms with Crippen molar-refractivity contribution in [2.45, 2.75) is 57.7 Å². The third kappa shape index (κ3) is 5.48. The number of fused-ring (bicyclic) bond motifs is 2. The highest BCUT2D eigenvalue weighted by Crippen LogP contribution is 2.44. The first-order valence-electron chi connectivity index (χ1n) is 11.1. The van der Waals surface area contributed by atoms with Gasteiger partial charge in [-0.25, -0.2) is 4.98 Å². The summed E-state index contributed by atoms with van der Waals surface area (Å²) >= 11 is 3.04. The monoisotopic (exact) mass is 496 g/mol. The van der Waals surface area contributed by atoms with E-state index in [1.165, 1.54) is 27.8 Å². The number of nitrogens with one attached hydrogen (secondary N) is 1. The number of alkyl halides is 3. The molecular formula is C24H27F3N2O2S2. The van der Waals surface area contributed by atoms with Crippen molar-refractivity contribution < 1.29 is 22.7 Å². The van der Waals surface area contributed by atoms with E-state index in [4.69, 9.17) is 4.74 Å². The quantitative estimate of drug-likeness (QED) is 0.341. The molecule has 4 rings (SSSR count). The normalized spacial score (nSPS) is 16.3. The van der Waals surface area contributed by atoms with Gasteiger partial charge in [0.2, 0.25) is 0 Å². The molecule has 1 N–H and O–H groups in total. The summed E-state index contributed by atoms with van der Waals surface area (Å²) < 4.78 is 45.3. The maximum atomic E-state index is 13.2. The van der Waals surface area contributed by atoms with Crippen LogP contribution in [0.5, 0.6) is 0 Å². The van der Waals surface area contributed by atoms with Crippen LogP contribution in [0.15, 0.2) is 18.2 Å². The van der Waals surface area contributed by atoms with E-state index in [0.29, 0.717) is 30.0 Å². The minimum absolute atomic E-state index is 0.182. The second-order valence-corrected chi connectivity index (χ2v) is 10.6. The number of carbonyl (C=O) groups excluding carboxylic acids is 1. The Balaban J connectivity index is 1.65. The molecular weight excluding hydrogens is 469 g/mol. The summed E-state index contributed by atoms with van der Waals surface area (Å²) in [7, 11) is 1.67. The Hall–Kier alpha value is -1.81. The lowest BCUT2D eigenvalue weighted by molar-refractivity contribution is -0.137. The van der Waals surface area contributed by atoms with E-state index < -0.39 is 11.7 Å². The van der Waals surface area contributed by atoms with Crippen molar-refractivity contribution in [1.29, 1.82) is 0 Å². The Morgan fingerprint density at radius 2 is 2.06 bits per heavy atom. The lowest BCUT2D eigenvalue weighted by Crippen LogP contribution is -2.26. The molecule has 33 heavy (non-hydrogen) atoms. The molecule has 3 aromatic rings. The van der Waals surface area contributed by atoms with Gasteiger partial charge in [0, 0.05) is 47.9 Å². The lowest BCUT2D eigenvalue weighted by Gasteiger charge is -2.20. The summed E-state index contributed by atoms with van der Waals surface area (Å²) in [5, 5.41) is 4.17. The SMILES string of the molecule is COCCCCCC(=O)Cc1sc2c(c1-c1nc3cc(C(F)(F)F)ccc3s1)CCNC2C. The van der Waals surface area contributed by atoms with Gasteiger partial charge in [0.1, 0.15) is 10.8 Å². The molecule has 3 heterocycles. The Kier molecular flexibility index (Phi) is 7.53. The van der Waals surface area contributed by atoms with Gasteiger partial charge >= 0.3 is 6.18 Å². The third-order valence-electron chi connectivity index (χ3n) is 5.92. The molecule has 0 fully saturated rings. The topological polar surface area (TPSA) is 51.2 Å². The minimum Gasteiger partial charge on any atom is -0.385 e. The number of methoxy groups -OCH3 is 1. The van der Waals surface area contributed by atoms with Crippen LogP contribution < -0.4 is 5.32 Å². The molecule has 1 aliphatic rings. The minimum atomic E-state index is -4.40. The number of thiophene rings is 1. The van der Waals surface area contributed by atoms with Crippen molar-refractivity contribution in [3.05, 3.63) is 39.1 Å². The van der Waals surface area contributed by atoms with Crippen LogP contribution in [-0.2, 0) is 28.5 Å². The molecule has 0 aliphatic carbocycles. The number of aromatic nitrogens is 1. The highest BCUT2D eigenvalue weighted by atomic mass is 32.1. The molecule has 1 atom stereocenters. The molecule has 4 nitrogen and oxygen atoms in total. The third-order valence-corrected chi connectivity index (χ3v) is 8.39. The van der Waals surface area contributed by atoms with Gasteiger partial charge in [-0.1, -0.05) is 6.42 Å². The zero-order valence-electron chi connectivity index (χ0n) is 18.7. The van der Waals surface area contributed by atoms with Gasteiger partial charge in [-0.05, 0) is 56.5 Å². The number of Topliss-reactive ketones (excluding diaryl/α,β-unsaturated/α-hetero) is 1. The predicted octanol–water partition coefficient (Wildman–Crippen LogP) is 6.57. The molecule has 0 bridgehead atoms. The summed E-state index contributed by atoms with van der Waals surface area (Å²) in [4.78, 5) is 19.6. The van der Waals surface area contributed by atoms with Crippen LogP contribution in [0, 0.1) is 0 Å². The molecule has 1 unspecified atom stereocenters. The number of nitrogens with zero attached hydrogens (tertiary/aromatic N) is 1. The van der Waals surface area contributed by atoms with Crippen molar-refractivity contribution in [3.8, 4) is 10.6 Å². The Bertz CT molecular complexity index is 1140. The number of rotatable bonds is 9. The van der Waals surface area contributed by atoms with Crippen molar-refractivity contribution in [3.63, 3.8) is 0 Å². The van der Waals surface area contributed by atoms with Gasteiger partial charge < -0.3 is 10.1 Å². The van der Waals surface area contributed by atoms with Crippen LogP contribution in [0.2, 0.25) is 0 Å². The largest absolute Gasteiger partial charge is 0.416 e. The number of ketones is 1. The molecule has 1 aliphatic heterocycles. The Morgan fingerprint density at radius 1 is 1.24 bits per heavy atom. The fourth-order valence-electron chi connectivity index (χ4n) is 4.24. The van der Waals surface area contributed by atoms with Crippen molar-refractivity contribution in [2.24, 2.45) is 0 Å². The average molecular weight is 497 g/mol. The molecule has 2 aromatic heterocycles. The zero-order chi connectivity index (χ0) is 23.6. The molecule has 9 heteroatoms. The fraction of sp³-hybridized carbons (Fsp3) is 0.500. The second-order valence-electron chi connectivity index (χ2n) is 8.39. The van der Waals surface area contributed by atoms with Gasteiger partial charge in [-0.2, -0.15) is 13.2 Å². The van der Waals surface area contributed by atoms with Crippen molar-refractivity contribution in [1.82, 2.24) is 10.3 Å². The van der Waals surface area contributed by atoms with E-state index in [9.17, 15) is 18.0 Å². The molecule has 0 radical (unpaired) electrons. The van der Waals surface area contributed by atoms with E-state index in [1.807, 2.05) is 0 Å². The Labute approximate surface area is 199 Å². The number of ether oxygens (including phenoxy) is 1. The highest BCUT2D eigenvalue weighted by molar-refractivity contribution is 7.22. The average Bonchev–Trinajstić information content (AvgIpc) is 3.33. The van der Waals surface area contributed by atoms with E-state index in [1.54, 1.807) is 18.4 Å². The van der Waals surface area contributed by atoms with E-state index in [0.717, 1.165) is 59.5 Å². The molecule has 0 saturated carbocycles. The number of carbonyl (C=O) groups is 1. The molecule has 0 amide bonds. The highest BCUT2D eigenvalue weighted by Gasteiger charge is 2.32. The maximum absolute atomic E-state index is 13.2. The second kappa shape index (κ2) is 10.2. The summed E-state index contributed by atoms with van der Waals surface area (Å²) in [6.45, 7) is 3.63. The molecule has 0 saturated heterocycles. The van der Waals surface area contributed by atoms with Crippen molar-refractivity contribution >= 4 is 38.7 Å². The summed E-state index contributed by atoms with van der Waals surface area (Å²) in [5.41, 5.74) is 1.80. The van der Waals surface area contributed by atoms with Gasteiger partial charge in [0.15, 0.2) is 0 Å². The van der Waals surface area contributed by atoms with Crippen LogP contribution >= 0.6 is 22.7 Å². The van der Waals surface area contributed by atoms with E-state index in [2.05, 4.69) is 17.2 Å². The zero-order valence-corrected chi connectivity index (χ0v) is 20.3. The summed E-state index contributed by atoms with van der Waals surface area (Å²) in [6, 6.07) is 3.89. The van der Waals surface area contributed by atoms with Crippen LogP contribution in [0.4, 0.5) is 13.2 Å². The first-order chi connectivity index (χ1) is 15.8. The van der Waals surface area contributed by atoms with Crippen LogP contribution in [-0.4, -0.2) is 31.0 Å². The Morgan fingerprint density at radius 3 is 2.82 bits per heavy atom.